The summed E-state index contributed by atoms with van der Waals surface area (Å²) in [6.07, 6.45) is 0. The number of thiazole rings is 1. The molecule has 2 aromatic rings. The van der Waals surface area contributed by atoms with Crippen molar-refractivity contribution in [2.24, 2.45) is 0 Å². The molecule has 0 bridgehead atoms. The molecule has 0 aliphatic heterocycles. The first-order valence-electron chi connectivity index (χ1n) is 6.26. The number of amides is 1. The van der Waals surface area contributed by atoms with Crippen LogP contribution in [0.15, 0.2) is 12.1 Å². The van der Waals surface area contributed by atoms with Crippen molar-refractivity contribution in [3.8, 4) is 0 Å². The number of carbonyl (C=O) groups excluding carboxylic acids is 1. The van der Waals surface area contributed by atoms with Crippen LogP contribution in [0.1, 0.15) is 5.01 Å². The number of carbonyl (C=O) groups is 1. The van der Waals surface area contributed by atoms with Crippen molar-refractivity contribution in [3.05, 3.63) is 17.1 Å². The lowest BCUT2D eigenvalue weighted by Crippen LogP contribution is -2.32. The number of aryl methyl sites for hydroxylation is 1. The molecule has 0 saturated heterocycles. The number of anilines is 2. The fraction of sp³-hybridized carbons (Fsp3) is 0.385. The van der Waals surface area contributed by atoms with E-state index in [0.29, 0.717) is 18.8 Å². The Morgan fingerprint density at radius 1 is 1.50 bits per heavy atom. The Labute approximate surface area is 121 Å². The van der Waals surface area contributed by atoms with Gasteiger partial charge in [0.1, 0.15) is 0 Å². The summed E-state index contributed by atoms with van der Waals surface area (Å²) in [7, 11) is 1.59. The Morgan fingerprint density at radius 3 is 3.05 bits per heavy atom. The fourth-order valence-electron chi connectivity index (χ4n) is 1.79. The third-order valence-electron chi connectivity index (χ3n) is 2.73. The molecule has 6 nitrogen and oxygen atoms in total. The fourth-order valence-corrected chi connectivity index (χ4v) is 2.65. The van der Waals surface area contributed by atoms with Crippen molar-refractivity contribution >= 4 is 38.8 Å². The summed E-state index contributed by atoms with van der Waals surface area (Å²) in [6.45, 7) is 3.12. The molecule has 1 amide bonds. The minimum Gasteiger partial charge on any atom is -0.397 e. The smallest absolute Gasteiger partial charge is 0.239 e. The van der Waals surface area contributed by atoms with Crippen molar-refractivity contribution < 1.29 is 9.53 Å². The zero-order chi connectivity index (χ0) is 14.5. The van der Waals surface area contributed by atoms with Crippen molar-refractivity contribution in [3.63, 3.8) is 0 Å². The molecule has 0 aliphatic carbocycles. The first kappa shape index (κ1) is 14.5. The number of benzene rings is 1. The summed E-state index contributed by atoms with van der Waals surface area (Å²) in [5.74, 6) is -0.101. The van der Waals surface area contributed by atoms with E-state index in [9.17, 15) is 4.79 Å². The topological polar surface area (TPSA) is 89.3 Å². The molecule has 1 heterocycles. The Balaban J connectivity index is 1.98. The maximum Gasteiger partial charge on any atom is 0.239 e. The molecule has 0 fully saturated rings. The van der Waals surface area contributed by atoms with Crippen LogP contribution in [0.5, 0.6) is 0 Å². The van der Waals surface area contributed by atoms with Gasteiger partial charge in [0.2, 0.25) is 5.91 Å². The zero-order valence-electron chi connectivity index (χ0n) is 11.5. The molecule has 0 aliphatic rings. The first-order valence-corrected chi connectivity index (χ1v) is 7.08. The maximum absolute atomic E-state index is 11.6. The van der Waals surface area contributed by atoms with Gasteiger partial charge < -0.3 is 21.1 Å². The highest BCUT2D eigenvalue weighted by atomic mass is 32.1. The van der Waals surface area contributed by atoms with Gasteiger partial charge in [-0.15, -0.1) is 11.3 Å². The second kappa shape index (κ2) is 6.53. The quantitative estimate of drug-likeness (QED) is 0.553. The molecule has 0 atom stereocenters. The molecule has 7 heteroatoms. The zero-order valence-corrected chi connectivity index (χ0v) is 12.3. The van der Waals surface area contributed by atoms with Gasteiger partial charge in [-0.2, -0.15) is 0 Å². The lowest BCUT2D eigenvalue weighted by Gasteiger charge is -2.09. The van der Waals surface area contributed by atoms with Crippen LogP contribution in [0.4, 0.5) is 11.4 Å². The summed E-state index contributed by atoms with van der Waals surface area (Å²) in [6, 6.07) is 3.75. The van der Waals surface area contributed by atoms with Gasteiger partial charge in [-0.25, -0.2) is 4.98 Å². The van der Waals surface area contributed by atoms with E-state index in [1.54, 1.807) is 18.4 Å². The van der Waals surface area contributed by atoms with Crippen LogP contribution in [0, 0.1) is 6.92 Å². The number of methoxy groups -OCH3 is 1. The molecule has 1 aromatic heterocycles. The predicted molar refractivity (Wildman–Crippen MR) is 82.1 cm³/mol. The standard InChI is InChI=1S/C13H18N4O2S/c1-8-17-11-6-10(9(14)5-12(11)20-8)16-7-13(18)15-3-4-19-2/h5-6,16H,3-4,7,14H2,1-2H3,(H,15,18). The number of ether oxygens (including phenoxy) is 1. The Morgan fingerprint density at radius 2 is 2.30 bits per heavy atom. The molecule has 4 N–H and O–H groups in total. The molecule has 0 radical (unpaired) electrons. The van der Waals surface area contributed by atoms with Gasteiger partial charge in [-0.3, -0.25) is 4.79 Å². The molecular formula is C13H18N4O2S. The van der Waals surface area contributed by atoms with Gasteiger partial charge in [0.15, 0.2) is 0 Å². The molecule has 2 rings (SSSR count). The van der Waals surface area contributed by atoms with Crippen LogP contribution in [-0.4, -0.2) is 37.7 Å². The van der Waals surface area contributed by atoms with Gasteiger partial charge in [0, 0.05) is 13.7 Å². The van der Waals surface area contributed by atoms with Crippen molar-refractivity contribution in [1.29, 1.82) is 0 Å². The number of nitrogens with one attached hydrogen (secondary N) is 2. The normalized spacial score (nSPS) is 10.7. The van der Waals surface area contributed by atoms with Crippen LogP contribution < -0.4 is 16.4 Å². The highest BCUT2D eigenvalue weighted by Crippen LogP contribution is 2.29. The molecule has 1 aromatic carbocycles. The second-order valence-corrected chi connectivity index (χ2v) is 5.57. The number of nitrogen functional groups attached to an aromatic ring is 1. The monoisotopic (exact) mass is 294 g/mol. The number of nitrogens with two attached hydrogens (primary N) is 1. The summed E-state index contributed by atoms with van der Waals surface area (Å²) in [4.78, 5) is 16.0. The summed E-state index contributed by atoms with van der Waals surface area (Å²) in [5.41, 5.74) is 8.20. The molecule has 0 spiro atoms. The van der Waals surface area contributed by atoms with Crippen LogP contribution in [0.3, 0.4) is 0 Å². The van der Waals surface area contributed by atoms with E-state index < -0.39 is 0 Å². The third kappa shape index (κ3) is 3.58. The molecule has 0 saturated carbocycles. The molecular weight excluding hydrogens is 276 g/mol. The van der Waals surface area contributed by atoms with E-state index in [1.165, 1.54) is 0 Å². The van der Waals surface area contributed by atoms with Gasteiger partial charge in [-0.1, -0.05) is 0 Å². The minimum absolute atomic E-state index is 0.101. The Hall–Kier alpha value is -1.86. The van der Waals surface area contributed by atoms with Gasteiger partial charge in [-0.05, 0) is 19.1 Å². The number of hydrogen-bond acceptors (Lipinski definition) is 6. The number of nitrogens with zero attached hydrogens (tertiary/aromatic N) is 1. The second-order valence-electron chi connectivity index (χ2n) is 4.34. The van der Waals surface area contributed by atoms with E-state index in [0.717, 1.165) is 20.9 Å². The predicted octanol–water partition coefficient (Wildman–Crippen LogP) is 1.36. The van der Waals surface area contributed by atoms with E-state index in [2.05, 4.69) is 15.6 Å². The lowest BCUT2D eigenvalue weighted by molar-refractivity contribution is -0.119. The highest BCUT2D eigenvalue weighted by molar-refractivity contribution is 7.18. The van der Waals surface area contributed by atoms with Gasteiger partial charge in [0.25, 0.3) is 0 Å². The van der Waals surface area contributed by atoms with E-state index >= 15 is 0 Å². The lowest BCUT2D eigenvalue weighted by atomic mass is 10.2. The summed E-state index contributed by atoms with van der Waals surface area (Å²) < 4.78 is 5.91. The van der Waals surface area contributed by atoms with E-state index in [-0.39, 0.29) is 12.5 Å². The molecule has 0 unspecified atom stereocenters. The molecule has 108 valence electrons. The Kier molecular flexibility index (Phi) is 4.75. The first-order chi connectivity index (χ1) is 9.60. The van der Waals surface area contributed by atoms with Crippen LogP contribution in [-0.2, 0) is 9.53 Å². The van der Waals surface area contributed by atoms with Crippen molar-refractivity contribution in [2.75, 3.05) is 37.9 Å². The number of fused-ring (bicyclic) bond motifs is 1. The van der Waals surface area contributed by atoms with E-state index in [1.807, 2.05) is 19.1 Å². The number of aromatic nitrogens is 1. The SMILES string of the molecule is COCCNC(=O)CNc1cc2nc(C)sc2cc1N. The van der Waals surface area contributed by atoms with Gasteiger partial charge in [0.05, 0.1) is 39.8 Å². The summed E-state index contributed by atoms with van der Waals surface area (Å²) >= 11 is 1.60. The maximum atomic E-state index is 11.6. The van der Waals surface area contributed by atoms with Crippen LogP contribution >= 0.6 is 11.3 Å². The molecule has 20 heavy (non-hydrogen) atoms. The third-order valence-corrected chi connectivity index (χ3v) is 3.67. The van der Waals surface area contributed by atoms with Crippen LogP contribution in [0.2, 0.25) is 0 Å². The van der Waals surface area contributed by atoms with Crippen LogP contribution in [0.25, 0.3) is 10.2 Å². The van der Waals surface area contributed by atoms with E-state index in [4.69, 9.17) is 10.5 Å². The Bertz CT molecular complexity index is 612. The average Bonchev–Trinajstić information content (AvgIpc) is 2.75. The minimum atomic E-state index is -0.101. The van der Waals surface area contributed by atoms with Crippen molar-refractivity contribution in [2.45, 2.75) is 6.92 Å². The number of rotatable bonds is 6. The largest absolute Gasteiger partial charge is 0.397 e. The summed E-state index contributed by atoms with van der Waals surface area (Å²) in [5, 5.41) is 6.76. The van der Waals surface area contributed by atoms with Crippen molar-refractivity contribution in [1.82, 2.24) is 10.3 Å². The highest BCUT2D eigenvalue weighted by Gasteiger charge is 2.07. The number of hydrogen-bond donors (Lipinski definition) is 3. The average molecular weight is 294 g/mol. The van der Waals surface area contributed by atoms with Gasteiger partial charge >= 0.3 is 0 Å².